The molecule has 1 unspecified atom stereocenters. The van der Waals surface area contributed by atoms with Crippen molar-refractivity contribution in [1.29, 1.82) is 0 Å². The molecule has 0 bridgehead atoms. The van der Waals surface area contributed by atoms with Crippen LogP contribution in [-0.2, 0) is 0 Å². The number of amides is 1. The Morgan fingerprint density at radius 2 is 2.12 bits per heavy atom. The summed E-state index contributed by atoms with van der Waals surface area (Å²) in [5.41, 5.74) is 0.767. The molecule has 1 amide bonds. The molecule has 0 fully saturated rings. The summed E-state index contributed by atoms with van der Waals surface area (Å²) in [7, 11) is 0. The number of nitrogens with one attached hydrogen (secondary N) is 1. The lowest BCUT2D eigenvalue weighted by molar-refractivity contribution is 0.0698. The zero-order valence-electron chi connectivity index (χ0n) is 10.9. The molecule has 94 valence electrons. The average Bonchev–Trinajstić information content (AvgIpc) is 2.29. The van der Waals surface area contributed by atoms with Crippen molar-refractivity contribution in [2.45, 2.75) is 40.2 Å². The topological polar surface area (TPSA) is 53.2 Å². The van der Waals surface area contributed by atoms with Crippen molar-refractivity contribution in [2.24, 2.45) is 0 Å². The molecule has 4 nitrogen and oxygen atoms in total. The second-order valence-electron chi connectivity index (χ2n) is 4.24. The number of nitrogens with zero attached hydrogens (tertiary/aromatic N) is 1. The molecule has 4 heteroatoms. The highest BCUT2D eigenvalue weighted by molar-refractivity contribution is 5.94. The Balaban J connectivity index is 3.06. The number of carbonyl (C=O) groups is 1. The van der Waals surface area contributed by atoms with E-state index in [-0.39, 0.29) is 22.9 Å². The minimum Gasteiger partial charge on any atom is -0.364 e. The number of aryl methyl sites for hydroxylation is 1. The molecular formula is C13H20N2O2. The van der Waals surface area contributed by atoms with Gasteiger partial charge < -0.3 is 9.88 Å². The zero-order valence-corrected chi connectivity index (χ0v) is 10.9. The maximum atomic E-state index is 12.2. The maximum absolute atomic E-state index is 12.2. The van der Waals surface area contributed by atoms with Gasteiger partial charge >= 0.3 is 0 Å². The van der Waals surface area contributed by atoms with Crippen molar-refractivity contribution in [3.8, 4) is 0 Å². The molecule has 0 aliphatic carbocycles. The molecule has 1 aromatic heterocycles. The first kappa shape index (κ1) is 13.5. The second kappa shape index (κ2) is 5.66. The van der Waals surface area contributed by atoms with Crippen LogP contribution in [0.3, 0.4) is 0 Å². The molecule has 17 heavy (non-hydrogen) atoms. The number of H-pyrrole nitrogens is 1. The summed E-state index contributed by atoms with van der Waals surface area (Å²) in [6.45, 7) is 8.35. The molecule has 1 aromatic rings. The van der Waals surface area contributed by atoms with Gasteiger partial charge in [-0.25, -0.2) is 0 Å². The van der Waals surface area contributed by atoms with Crippen LogP contribution < -0.4 is 5.43 Å². The van der Waals surface area contributed by atoms with Crippen molar-refractivity contribution < 1.29 is 4.79 Å². The van der Waals surface area contributed by atoms with Crippen LogP contribution in [0.2, 0.25) is 0 Å². The minimum atomic E-state index is -0.215. The van der Waals surface area contributed by atoms with Gasteiger partial charge in [-0.05, 0) is 27.2 Å². The van der Waals surface area contributed by atoms with Crippen LogP contribution in [0, 0.1) is 6.92 Å². The summed E-state index contributed by atoms with van der Waals surface area (Å²) in [6, 6.07) is 1.60. The molecule has 1 rings (SSSR count). The van der Waals surface area contributed by atoms with Crippen LogP contribution in [0.1, 0.15) is 43.2 Å². The number of hydrogen-bond acceptors (Lipinski definition) is 2. The molecule has 0 saturated heterocycles. The Morgan fingerprint density at radius 1 is 1.47 bits per heavy atom. The number of pyridine rings is 1. The fraction of sp³-hybridized carbons (Fsp3) is 0.538. The number of aromatic nitrogens is 1. The van der Waals surface area contributed by atoms with Crippen LogP contribution in [-0.4, -0.2) is 28.4 Å². The predicted molar refractivity (Wildman–Crippen MR) is 68.3 cm³/mol. The van der Waals surface area contributed by atoms with Crippen LogP contribution >= 0.6 is 0 Å². The van der Waals surface area contributed by atoms with E-state index < -0.39 is 0 Å². The molecule has 1 atom stereocenters. The van der Waals surface area contributed by atoms with Gasteiger partial charge in [0.05, 0.1) is 0 Å². The number of aromatic amines is 1. The van der Waals surface area contributed by atoms with Crippen LogP contribution in [0.15, 0.2) is 17.1 Å². The molecular weight excluding hydrogens is 216 g/mol. The van der Waals surface area contributed by atoms with E-state index in [1.54, 1.807) is 11.8 Å². The van der Waals surface area contributed by atoms with E-state index in [0.717, 1.165) is 12.1 Å². The fourth-order valence-corrected chi connectivity index (χ4v) is 1.77. The summed E-state index contributed by atoms with van der Waals surface area (Å²) in [5.74, 6) is -0.192. The minimum absolute atomic E-state index is 0.146. The Morgan fingerprint density at radius 3 is 2.59 bits per heavy atom. The summed E-state index contributed by atoms with van der Waals surface area (Å²) < 4.78 is 0. The van der Waals surface area contributed by atoms with Crippen LogP contribution in [0.5, 0.6) is 0 Å². The van der Waals surface area contributed by atoms with E-state index in [4.69, 9.17) is 0 Å². The van der Waals surface area contributed by atoms with Gasteiger partial charge in [0.25, 0.3) is 5.91 Å². The lowest BCUT2D eigenvalue weighted by Gasteiger charge is -2.27. The molecule has 0 saturated carbocycles. The Kier molecular flexibility index (Phi) is 4.49. The standard InChI is InChI=1S/C13H20N2O2/c1-5-10(4)15(6-2)13(17)11-8-14-9(3)7-12(11)16/h7-8,10H,5-6H2,1-4H3,(H,14,16). The molecule has 0 aromatic carbocycles. The van der Waals surface area contributed by atoms with Crippen molar-refractivity contribution >= 4 is 5.91 Å². The third-order valence-electron chi connectivity index (χ3n) is 3.01. The second-order valence-corrected chi connectivity index (χ2v) is 4.24. The van der Waals surface area contributed by atoms with Gasteiger partial charge in [0.15, 0.2) is 5.43 Å². The number of carbonyl (C=O) groups excluding carboxylic acids is 1. The normalized spacial score (nSPS) is 12.2. The smallest absolute Gasteiger partial charge is 0.259 e. The monoisotopic (exact) mass is 236 g/mol. The highest BCUT2D eigenvalue weighted by Crippen LogP contribution is 2.07. The van der Waals surface area contributed by atoms with Crippen molar-refractivity contribution in [1.82, 2.24) is 9.88 Å². The fourth-order valence-electron chi connectivity index (χ4n) is 1.77. The van der Waals surface area contributed by atoms with Gasteiger partial charge in [0.2, 0.25) is 0 Å². The molecule has 0 aliphatic heterocycles. The first-order valence-corrected chi connectivity index (χ1v) is 6.01. The highest BCUT2D eigenvalue weighted by atomic mass is 16.2. The summed E-state index contributed by atoms with van der Waals surface area (Å²) in [6.07, 6.45) is 2.38. The van der Waals surface area contributed by atoms with E-state index >= 15 is 0 Å². The Labute approximate surface area is 102 Å². The van der Waals surface area contributed by atoms with Crippen molar-refractivity contribution in [3.05, 3.63) is 33.7 Å². The highest BCUT2D eigenvalue weighted by Gasteiger charge is 2.20. The number of hydrogen-bond donors (Lipinski definition) is 1. The Hall–Kier alpha value is -1.58. The van der Waals surface area contributed by atoms with Gasteiger partial charge in [-0.3, -0.25) is 9.59 Å². The molecule has 0 aliphatic rings. The van der Waals surface area contributed by atoms with Crippen molar-refractivity contribution in [3.63, 3.8) is 0 Å². The van der Waals surface area contributed by atoms with E-state index in [2.05, 4.69) is 4.98 Å². The van der Waals surface area contributed by atoms with E-state index in [9.17, 15) is 9.59 Å². The first-order chi connectivity index (χ1) is 8.01. The van der Waals surface area contributed by atoms with Gasteiger partial charge in [0, 0.05) is 30.5 Å². The molecule has 1 N–H and O–H groups in total. The lowest BCUT2D eigenvalue weighted by atomic mass is 10.1. The summed E-state index contributed by atoms with van der Waals surface area (Å²) >= 11 is 0. The largest absolute Gasteiger partial charge is 0.364 e. The van der Waals surface area contributed by atoms with Gasteiger partial charge in [0.1, 0.15) is 5.56 Å². The van der Waals surface area contributed by atoms with Crippen LogP contribution in [0.25, 0.3) is 0 Å². The zero-order chi connectivity index (χ0) is 13.0. The van der Waals surface area contributed by atoms with E-state index in [0.29, 0.717) is 6.54 Å². The van der Waals surface area contributed by atoms with E-state index in [1.807, 2.05) is 20.8 Å². The third-order valence-corrected chi connectivity index (χ3v) is 3.01. The summed E-state index contributed by atoms with van der Waals surface area (Å²) in [4.78, 5) is 28.6. The molecule has 0 spiro atoms. The van der Waals surface area contributed by atoms with Gasteiger partial charge in [-0.2, -0.15) is 0 Å². The van der Waals surface area contributed by atoms with Gasteiger partial charge in [-0.15, -0.1) is 0 Å². The molecule has 1 heterocycles. The molecule has 0 radical (unpaired) electrons. The third kappa shape index (κ3) is 2.96. The van der Waals surface area contributed by atoms with Gasteiger partial charge in [-0.1, -0.05) is 6.92 Å². The predicted octanol–water partition coefficient (Wildman–Crippen LogP) is 1.94. The van der Waals surface area contributed by atoms with E-state index in [1.165, 1.54) is 12.3 Å². The first-order valence-electron chi connectivity index (χ1n) is 6.01. The average molecular weight is 236 g/mol. The Bertz CT molecular complexity index is 451. The summed E-state index contributed by atoms with van der Waals surface area (Å²) in [5, 5.41) is 0. The lowest BCUT2D eigenvalue weighted by Crippen LogP contribution is -2.40. The quantitative estimate of drug-likeness (QED) is 0.868. The SMILES string of the molecule is CCC(C)N(CC)C(=O)c1c[nH]c(C)cc1=O. The number of rotatable bonds is 4. The van der Waals surface area contributed by atoms with Crippen molar-refractivity contribution in [2.75, 3.05) is 6.54 Å². The maximum Gasteiger partial charge on any atom is 0.259 e. The van der Waals surface area contributed by atoms with Crippen LogP contribution in [0.4, 0.5) is 0 Å².